The van der Waals surface area contributed by atoms with E-state index in [0.29, 0.717) is 34.8 Å². The van der Waals surface area contributed by atoms with Crippen LogP contribution in [0.4, 0.5) is 5.82 Å². The number of carbonyl (C=O) groups is 1. The van der Waals surface area contributed by atoms with Crippen LogP contribution in [0.15, 0.2) is 10.7 Å². The van der Waals surface area contributed by atoms with Gasteiger partial charge >= 0.3 is 5.97 Å². The molecule has 7 heteroatoms. The van der Waals surface area contributed by atoms with Crippen molar-refractivity contribution < 1.29 is 13.9 Å². The maximum absolute atomic E-state index is 12.3. The second-order valence-corrected chi connectivity index (χ2v) is 6.98. The van der Waals surface area contributed by atoms with E-state index in [9.17, 15) is 4.79 Å². The smallest absolute Gasteiger partial charge is 0.342 e. The van der Waals surface area contributed by atoms with Crippen LogP contribution < -0.4 is 5.32 Å². The van der Waals surface area contributed by atoms with Crippen LogP contribution in [0.2, 0.25) is 0 Å². The third-order valence-electron chi connectivity index (χ3n) is 4.83. The zero-order chi connectivity index (χ0) is 18.5. The average Bonchev–Trinajstić information content (AvgIpc) is 2.95. The first kappa shape index (κ1) is 18.6. The monoisotopic (exact) mass is 360 g/mol. The molecule has 3 heterocycles. The van der Waals surface area contributed by atoms with E-state index in [1.165, 1.54) is 32.3 Å². The van der Waals surface area contributed by atoms with Gasteiger partial charge in [0.25, 0.3) is 0 Å². The van der Waals surface area contributed by atoms with E-state index >= 15 is 0 Å². The topological polar surface area (TPSA) is 80.5 Å². The number of aryl methyl sites for hydroxylation is 1. The summed E-state index contributed by atoms with van der Waals surface area (Å²) in [5, 5.41) is 3.95. The van der Waals surface area contributed by atoms with Crippen molar-refractivity contribution in [3.8, 4) is 0 Å². The quantitative estimate of drug-likeness (QED) is 0.599. The summed E-state index contributed by atoms with van der Waals surface area (Å²) in [5.74, 6) is 1.52. The molecule has 1 atom stereocenters. The predicted molar refractivity (Wildman–Crippen MR) is 100 cm³/mol. The summed E-state index contributed by atoms with van der Waals surface area (Å²) in [7, 11) is 0. The van der Waals surface area contributed by atoms with Crippen molar-refractivity contribution >= 4 is 22.9 Å². The highest BCUT2D eigenvalue weighted by Crippen LogP contribution is 2.29. The van der Waals surface area contributed by atoms with Gasteiger partial charge in [-0.25, -0.2) is 14.8 Å². The molecule has 0 bridgehead atoms. The molecule has 0 saturated carbocycles. The summed E-state index contributed by atoms with van der Waals surface area (Å²) in [6.07, 6.45) is 5.10. The molecule has 1 fully saturated rings. The second kappa shape index (κ2) is 8.49. The number of piperidine rings is 1. The second-order valence-electron chi connectivity index (χ2n) is 6.98. The molecular formula is C19H28N4O3. The first-order valence-corrected chi connectivity index (χ1v) is 9.47. The van der Waals surface area contributed by atoms with E-state index in [4.69, 9.17) is 9.15 Å². The van der Waals surface area contributed by atoms with Crippen molar-refractivity contribution in [2.24, 2.45) is 5.92 Å². The van der Waals surface area contributed by atoms with Gasteiger partial charge in [0.05, 0.1) is 12.0 Å². The van der Waals surface area contributed by atoms with Crippen LogP contribution in [-0.2, 0) is 4.74 Å². The molecule has 0 aliphatic carbocycles. The van der Waals surface area contributed by atoms with Gasteiger partial charge in [-0.15, -0.1) is 0 Å². The number of aromatic nitrogens is 2. The Morgan fingerprint density at radius 1 is 1.46 bits per heavy atom. The molecule has 7 nitrogen and oxygen atoms in total. The third-order valence-corrected chi connectivity index (χ3v) is 4.83. The molecular weight excluding hydrogens is 332 g/mol. The Morgan fingerprint density at radius 2 is 2.31 bits per heavy atom. The summed E-state index contributed by atoms with van der Waals surface area (Å²) >= 11 is 0. The minimum atomic E-state index is -0.399. The van der Waals surface area contributed by atoms with Crippen LogP contribution in [0.5, 0.6) is 0 Å². The largest absolute Gasteiger partial charge is 0.462 e. The van der Waals surface area contributed by atoms with Gasteiger partial charge in [-0.05, 0) is 52.1 Å². The molecule has 0 spiro atoms. The molecule has 3 rings (SSSR count). The first-order chi connectivity index (χ1) is 12.6. The highest BCUT2D eigenvalue weighted by molar-refractivity contribution is 6.07. The van der Waals surface area contributed by atoms with Gasteiger partial charge in [-0.2, -0.15) is 0 Å². The minimum absolute atomic E-state index is 0.315. The average molecular weight is 360 g/mol. The van der Waals surface area contributed by atoms with E-state index < -0.39 is 5.97 Å². The number of nitrogens with zero attached hydrogens (tertiary/aromatic N) is 3. The number of anilines is 1. The number of esters is 1. The minimum Gasteiger partial charge on any atom is -0.462 e. The number of nitrogens with one attached hydrogen (secondary N) is 1. The van der Waals surface area contributed by atoms with Gasteiger partial charge in [-0.1, -0.05) is 6.92 Å². The number of hydrogen-bond acceptors (Lipinski definition) is 7. The number of likely N-dealkylation sites (tertiary alicyclic amines) is 1. The van der Waals surface area contributed by atoms with Crippen LogP contribution in [0.1, 0.15) is 49.2 Å². The Hall–Kier alpha value is -2.15. The number of hydrogen-bond donors (Lipinski definition) is 1. The van der Waals surface area contributed by atoms with Crippen molar-refractivity contribution in [1.29, 1.82) is 0 Å². The van der Waals surface area contributed by atoms with Crippen molar-refractivity contribution in [2.45, 2.75) is 40.0 Å². The molecule has 1 aliphatic rings. The van der Waals surface area contributed by atoms with Gasteiger partial charge in [0.2, 0.25) is 5.71 Å². The Labute approximate surface area is 154 Å². The molecule has 26 heavy (non-hydrogen) atoms. The van der Waals surface area contributed by atoms with Crippen molar-refractivity contribution in [3.63, 3.8) is 0 Å². The first-order valence-electron chi connectivity index (χ1n) is 9.47. The molecule has 1 unspecified atom stereocenters. The highest BCUT2D eigenvalue weighted by Gasteiger charge is 2.23. The normalized spacial score (nSPS) is 18.2. The molecule has 1 saturated heterocycles. The van der Waals surface area contributed by atoms with Gasteiger partial charge in [0.15, 0.2) is 0 Å². The number of furan rings is 1. The maximum Gasteiger partial charge on any atom is 0.342 e. The van der Waals surface area contributed by atoms with E-state index in [1.807, 2.05) is 0 Å². The Kier molecular flexibility index (Phi) is 6.08. The standard InChI is InChI=1S/C19H28N4O3/c1-4-25-19(24)15-14(3)26-18-16(15)17(21-12-22-18)20-8-6-10-23-9-5-7-13(2)11-23/h12-13H,4-11H2,1-3H3,(H,20,21,22). The Morgan fingerprint density at radius 3 is 3.08 bits per heavy atom. The molecule has 0 amide bonds. The van der Waals surface area contributed by atoms with Crippen LogP contribution in [0.3, 0.4) is 0 Å². The van der Waals surface area contributed by atoms with E-state index in [-0.39, 0.29) is 0 Å². The summed E-state index contributed by atoms with van der Waals surface area (Å²) in [5.41, 5.74) is 0.822. The van der Waals surface area contributed by atoms with Gasteiger partial charge < -0.3 is 19.4 Å². The zero-order valence-electron chi connectivity index (χ0n) is 15.9. The third kappa shape index (κ3) is 4.15. The van der Waals surface area contributed by atoms with Crippen molar-refractivity contribution in [2.75, 3.05) is 38.1 Å². The van der Waals surface area contributed by atoms with Crippen LogP contribution in [-0.4, -0.2) is 53.6 Å². The van der Waals surface area contributed by atoms with Crippen molar-refractivity contribution in [1.82, 2.24) is 14.9 Å². The van der Waals surface area contributed by atoms with E-state index in [1.54, 1.807) is 13.8 Å². The molecule has 0 aromatic carbocycles. The van der Waals surface area contributed by atoms with E-state index in [2.05, 4.69) is 27.1 Å². The molecule has 2 aromatic rings. The Bertz CT molecular complexity index is 759. The fraction of sp³-hybridized carbons (Fsp3) is 0.632. The number of fused-ring (bicyclic) bond motifs is 1. The Balaban J connectivity index is 1.66. The molecule has 1 N–H and O–H groups in total. The lowest BCUT2D eigenvalue weighted by atomic mass is 10.0. The summed E-state index contributed by atoms with van der Waals surface area (Å²) in [6.45, 7) is 10.4. The van der Waals surface area contributed by atoms with Crippen LogP contribution in [0.25, 0.3) is 11.1 Å². The molecule has 1 aliphatic heterocycles. The van der Waals surface area contributed by atoms with Gasteiger partial charge in [-0.3, -0.25) is 0 Å². The van der Waals surface area contributed by atoms with Gasteiger partial charge in [0, 0.05) is 13.1 Å². The van der Waals surface area contributed by atoms with Crippen LogP contribution >= 0.6 is 0 Å². The maximum atomic E-state index is 12.3. The molecule has 2 aromatic heterocycles. The lowest BCUT2D eigenvalue weighted by Crippen LogP contribution is -2.35. The number of ether oxygens (including phenoxy) is 1. The molecule has 0 radical (unpaired) electrons. The molecule has 142 valence electrons. The zero-order valence-corrected chi connectivity index (χ0v) is 15.9. The van der Waals surface area contributed by atoms with Crippen molar-refractivity contribution in [3.05, 3.63) is 17.7 Å². The lowest BCUT2D eigenvalue weighted by Gasteiger charge is -2.30. The highest BCUT2D eigenvalue weighted by atomic mass is 16.5. The summed E-state index contributed by atoms with van der Waals surface area (Å²) < 4.78 is 10.8. The fourth-order valence-electron chi connectivity index (χ4n) is 3.63. The number of rotatable bonds is 7. The summed E-state index contributed by atoms with van der Waals surface area (Å²) in [4.78, 5) is 23.3. The SMILES string of the molecule is CCOC(=O)c1c(C)oc2ncnc(NCCCN3CCCC(C)C3)c12. The van der Waals surface area contributed by atoms with Gasteiger partial charge in [0.1, 0.15) is 23.5 Å². The van der Waals surface area contributed by atoms with E-state index in [0.717, 1.165) is 25.4 Å². The summed E-state index contributed by atoms with van der Waals surface area (Å²) in [6, 6.07) is 0. The van der Waals surface area contributed by atoms with Crippen LogP contribution in [0, 0.1) is 12.8 Å². The fourth-order valence-corrected chi connectivity index (χ4v) is 3.63. The predicted octanol–water partition coefficient (Wildman–Crippen LogP) is 3.24. The number of carbonyl (C=O) groups excluding carboxylic acids is 1. The lowest BCUT2D eigenvalue weighted by molar-refractivity contribution is 0.0526.